The van der Waals surface area contributed by atoms with Gasteiger partial charge in [0.1, 0.15) is 17.4 Å². The van der Waals surface area contributed by atoms with Crippen LogP contribution in [0.15, 0.2) is 65.5 Å². The number of hydrogen-bond donors (Lipinski definition) is 1. The van der Waals surface area contributed by atoms with Crippen molar-refractivity contribution in [2.75, 3.05) is 38.2 Å². The number of para-hydroxylation sites is 1. The molecule has 0 spiro atoms. The van der Waals surface area contributed by atoms with Gasteiger partial charge < -0.3 is 19.6 Å². The third kappa shape index (κ3) is 4.80. The van der Waals surface area contributed by atoms with Crippen molar-refractivity contribution in [3.05, 3.63) is 88.2 Å². The highest BCUT2D eigenvalue weighted by Gasteiger charge is 2.25. The maximum atomic E-state index is 15.7. The van der Waals surface area contributed by atoms with Gasteiger partial charge in [-0.2, -0.15) is 0 Å². The van der Waals surface area contributed by atoms with E-state index in [4.69, 9.17) is 4.74 Å². The van der Waals surface area contributed by atoms with Gasteiger partial charge in [0.15, 0.2) is 0 Å². The monoisotopic (exact) mass is 533 g/mol. The first kappa shape index (κ1) is 26.2. The number of hydrogen-bond acceptors (Lipinski definition) is 4. The molecule has 5 rings (SSSR count). The Balaban J connectivity index is 1.78. The van der Waals surface area contributed by atoms with Gasteiger partial charge >= 0.3 is 6.09 Å². The van der Waals surface area contributed by atoms with Crippen molar-refractivity contribution in [3.8, 4) is 22.6 Å². The summed E-state index contributed by atoms with van der Waals surface area (Å²) in [6.45, 7) is 5.27. The summed E-state index contributed by atoms with van der Waals surface area (Å²) in [4.78, 5) is 28.4. The summed E-state index contributed by atoms with van der Waals surface area (Å²) >= 11 is 0. The molecule has 0 saturated carbocycles. The van der Waals surface area contributed by atoms with Gasteiger partial charge in [-0.3, -0.25) is 9.36 Å². The molecule has 3 aromatic carbocycles. The zero-order chi connectivity index (χ0) is 27.8. The Bertz CT molecular complexity index is 1630. The largest absolute Gasteiger partial charge is 0.497 e. The molecule has 39 heavy (non-hydrogen) atoms. The van der Waals surface area contributed by atoms with Crippen molar-refractivity contribution in [3.63, 3.8) is 0 Å². The van der Waals surface area contributed by atoms with Gasteiger partial charge in [0, 0.05) is 54.8 Å². The van der Waals surface area contributed by atoms with Crippen LogP contribution in [0.1, 0.15) is 25.3 Å². The Labute approximate surface area is 224 Å². The number of carboxylic acid groups (broad SMARTS) is 1. The van der Waals surface area contributed by atoms with Crippen molar-refractivity contribution < 1.29 is 23.4 Å². The minimum Gasteiger partial charge on any atom is -0.497 e. The van der Waals surface area contributed by atoms with Crippen molar-refractivity contribution in [1.29, 1.82) is 0 Å². The molecule has 1 amide bonds. The zero-order valence-corrected chi connectivity index (χ0v) is 21.9. The first-order chi connectivity index (χ1) is 18.7. The van der Waals surface area contributed by atoms with E-state index in [0.717, 1.165) is 5.56 Å². The standard InChI is InChI=1S/C30H29F2N3O4/c1-18(2)20-6-4-5-7-26(20)35-28-16-22(21-9-8-19(39-3)14-24(21)31)25(32)15-23(28)27(17-29(35)36)33-10-12-34(13-11-33)30(37)38/h4-9,14-18H,10-13H2,1-3H3,(H,37,38). The summed E-state index contributed by atoms with van der Waals surface area (Å²) in [5.74, 6) is -0.877. The molecule has 0 radical (unpaired) electrons. The highest BCUT2D eigenvalue weighted by atomic mass is 19.1. The van der Waals surface area contributed by atoms with Gasteiger partial charge in [-0.1, -0.05) is 32.0 Å². The van der Waals surface area contributed by atoms with Gasteiger partial charge in [0.2, 0.25) is 0 Å². The van der Waals surface area contributed by atoms with E-state index in [1.54, 1.807) is 10.6 Å². The predicted molar refractivity (Wildman–Crippen MR) is 147 cm³/mol. The lowest BCUT2D eigenvalue weighted by Gasteiger charge is -2.35. The molecular formula is C30H29F2N3O4. The zero-order valence-electron chi connectivity index (χ0n) is 21.9. The third-order valence-electron chi connectivity index (χ3n) is 7.24. The molecule has 1 saturated heterocycles. The number of rotatable bonds is 5. The van der Waals surface area contributed by atoms with E-state index in [0.29, 0.717) is 41.1 Å². The number of anilines is 1. The maximum absolute atomic E-state index is 15.7. The molecule has 1 N–H and O–H groups in total. The van der Waals surface area contributed by atoms with E-state index in [-0.39, 0.29) is 35.7 Å². The molecule has 1 fully saturated rings. The van der Waals surface area contributed by atoms with Crippen LogP contribution in [0.4, 0.5) is 19.3 Å². The highest BCUT2D eigenvalue weighted by Crippen LogP contribution is 2.36. The SMILES string of the molecule is COc1ccc(-c2cc3c(cc2F)c(N2CCN(C(=O)O)CC2)cc(=O)n3-c2ccccc2C(C)C)c(F)c1. The van der Waals surface area contributed by atoms with Crippen LogP contribution in [0, 0.1) is 11.6 Å². The molecule has 0 aliphatic carbocycles. The number of methoxy groups -OCH3 is 1. The number of carbonyl (C=O) groups is 1. The number of nitrogens with zero attached hydrogens (tertiary/aromatic N) is 3. The molecule has 1 aromatic heterocycles. The molecule has 1 aliphatic heterocycles. The molecule has 9 heteroatoms. The lowest BCUT2D eigenvalue weighted by Crippen LogP contribution is -2.48. The maximum Gasteiger partial charge on any atom is 0.407 e. The number of halogens is 2. The second kappa shape index (κ2) is 10.4. The number of ether oxygens (including phenoxy) is 1. The number of aromatic nitrogens is 1. The van der Waals surface area contributed by atoms with Crippen molar-refractivity contribution in [1.82, 2.24) is 9.47 Å². The van der Waals surface area contributed by atoms with E-state index in [2.05, 4.69) is 0 Å². The van der Waals surface area contributed by atoms with Gasteiger partial charge in [0.25, 0.3) is 5.56 Å². The van der Waals surface area contributed by atoms with Gasteiger partial charge in [-0.15, -0.1) is 0 Å². The first-order valence-electron chi connectivity index (χ1n) is 12.7. The molecule has 7 nitrogen and oxygen atoms in total. The van der Waals surface area contributed by atoms with Crippen LogP contribution in [0.25, 0.3) is 27.7 Å². The van der Waals surface area contributed by atoms with E-state index in [1.165, 1.54) is 42.3 Å². The molecule has 0 bridgehead atoms. The van der Waals surface area contributed by atoms with Crippen LogP contribution in [-0.4, -0.2) is 54.0 Å². The molecular weight excluding hydrogens is 504 g/mol. The Hall–Kier alpha value is -4.40. The highest BCUT2D eigenvalue weighted by molar-refractivity contribution is 5.96. The van der Waals surface area contributed by atoms with E-state index >= 15 is 8.78 Å². The molecule has 4 aromatic rings. The average molecular weight is 534 g/mol. The number of pyridine rings is 1. The quantitative estimate of drug-likeness (QED) is 0.348. The van der Waals surface area contributed by atoms with Gasteiger partial charge in [-0.25, -0.2) is 13.6 Å². The Morgan fingerprint density at radius 3 is 2.23 bits per heavy atom. The molecule has 0 atom stereocenters. The topological polar surface area (TPSA) is 75.0 Å². The summed E-state index contributed by atoms with van der Waals surface area (Å²) < 4.78 is 37.4. The van der Waals surface area contributed by atoms with Crippen LogP contribution in [0.5, 0.6) is 5.75 Å². The molecule has 202 valence electrons. The summed E-state index contributed by atoms with van der Waals surface area (Å²) in [5, 5.41) is 9.82. The normalized spacial score (nSPS) is 13.8. The number of amides is 1. The van der Waals surface area contributed by atoms with E-state index < -0.39 is 17.7 Å². The van der Waals surface area contributed by atoms with Crippen LogP contribution < -0.4 is 15.2 Å². The summed E-state index contributed by atoms with van der Waals surface area (Å²) in [7, 11) is 1.42. The minimum atomic E-state index is -1.00. The van der Waals surface area contributed by atoms with Gasteiger partial charge in [-0.05, 0) is 41.8 Å². The van der Waals surface area contributed by atoms with Crippen LogP contribution >= 0.6 is 0 Å². The van der Waals surface area contributed by atoms with Crippen molar-refractivity contribution >= 4 is 22.7 Å². The van der Waals surface area contributed by atoms with Crippen LogP contribution in [0.3, 0.4) is 0 Å². The molecule has 1 aliphatic rings. The number of piperazine rings is 1. The Kier molecular flexibility index (Phi) is 6.99. The fourth-order valence-corrected chi connectivity index (χ4v) is 5.21. The van der Waals surface area contributed by atoms with Gasteiger partial charge in [0.05, 0.1) is 24.0 Å². The first-order valence-corrected chi connectivity index (χ1v) is 12.7. The minimum absolute atomic E-state index is 0.0191. The van der Waals surface area contributed by atoms with Crippen LogP contribution in [0.2, 0.25) is 0 Å². The second-order valence-electron chi connectivity index (χ2n) is 9.87. The molecule has 0 unspecified atom stereocenters. The summed E-state index contributed by atoms with van der Waals surface area (Å²) in [6.07, 6.45) is -1.00. The van der Waals surface area contributed by atoms with E-state index in [9.17, 15) is 14.7 Å². The summed E-state index contributed by atoms with van der Waals surface area (Å²) in [6, 6.07) is 16.1. The van der Waals surface area contributed by atoms with E-state index in [1.807, 2.05) is 43.0 Å². The smallest absolute Gasteiger partial charge is 0.407 e. The predicted octanol–water partition coefficient (Wildman–Crippen LogP) is 5.87. The lowest BCUT2D eigenvalue weighted by atomic mass is 9.98. The fraction of sp³-hybridized carbons (Fsp3) is 0.267. The average Bonchev–Trinajstić information content (AvgIpc) is 2.92. The number of fused-ring (bicyclic) bond motifs is 1. The van der Waals surface area contributed by atoms with Crippen LogP contribution in [-0.2, 0) is 0 Å². The Morgan fingerprint density at radius 1 is 0.897 bits per heavy atom. The lowest BCUT2D eigenvalue weighted by molar-refractivity contribution is 0.142. The third-order valence-corrected chi connectivity index (χ3v) is 7.24. The van der Waals surface area contributed by atoms with Crippen molar-refractivity contribution in [2.45, 2.75) is 19.8 Å². The fourth-order valence-electron chi connectivity index (χ4n) is 5.21. The second-order valence-corrected chi connectivity index (χ2v) is 9.87. The van der Waals surface area contributed by atoms with Crippen molar-refractivity contribution in [2.24, 2.45) is 0 Å². The molecule has 2 heterocycles. The summed E-state index contributed by atoms with van der Waals surface area (Å²) in [5.41, 5.74) is 2.29. The number of benzene rings is 3. The Morgan fingerprint density at radius 2 is 1.59 bits per heavy atom.